The van der Waals surface area contributed by atoms with Gasteiger partial charge in [0.25, 0.3) is 0 Å². The molecule has 0 aliphatic carbocycles. The maximum atomic E-state index is 14.3. The first kappa shape index (κ1) is 28.8. The number of carbonyl (C=O) groups is 3. The van der Waals surface area contributed by atoms with Gasteiger partial charge in [0, 0.05) is 30.5 Å². The lowest BCUT2D eigenvalue weighted by Crippen LogP contribution is -2.60. The summed E-state index contributed by atoms with van der Waals surface area (Å²) in [5.41, 5.74) is -0.450. The molecule has 3 aliphatic rings. The second kappa shape index (κ2) is 11.7. The third-order valence-electron chi connectivity index (χ3n) is 7.99. The van der Waals surface area contributed by atoms with Gasteiger partial charge in [0.15, 0.2) is 0 Å². The lowest BCUT2D eigenvalue weighted by atomic mass is 9.66. The minimum absolute atomic E-state index is 0.0213. The Morgan fingerprint density at radius 1 is 1.22 bits per heavy atom. The van der Waals surface area contributed by atoms with Crippen molar-refractivity contribution in [2.75, 3.05) is 26.3 Å². The zero-order valence-electron chi connectivity index (χ0n) is 22.4. The van der Waals surface area contributed by atoms with Crippen LogP contribution >= 0.6 is 11.8 Å². The number of aliphatic hydroxyl groups is 1. The van der Waals surface area contributed by atoms with Crippen LogP contribution in [0.2, 0.25) is 0 Å². The number of aliphatic hydroxyl groups excluding tert-OH is 1. The number of likely N-dealkylation sites (tertiary alicyclic amines) is 1. The van der Waals surface area contributed by atoms with Gasteiger partial charge in [-0.15, -0.1) is 24.9 Å². The molecule has 36 heavy (non-hydrogen) atoms. The summed E-state index contributed by atoms with van der Waals surface area (Å²) in [5, 5.41) is 9.32. The van der Waals surface area contributed by atoms with Crippen molar-refractivity contribution in [1.29, 1.82) is 0 Å². The van der Waals surface area contributed by atoms with Gasteiger partial charge >= 0.3 is 5.97 Å². The Morgan fingerprint density at radius 3 is 2.56 bits per heavy atom. The molecular weight excluding hydrogens is 476 g/mol. The SMILES string of the molecule is C=CCCCCOC(=O)[C@@H]1[C@@H]2CC(C)C3(S2)C(C(=O)N(CC=C)C(C)(C)C)N(CCCCO)C(=O)[C@H]13. The van der Waals surface area contributed by atoms with Gasteiger partial charge < -0.3 is 19.6 Å². The van der Waals surface area contributed by atoms with Crippen molar-refractivity contribution in [3.63, 3.8) is 0 Å². The van der Waals surface area contributed by atoms with Crippen LogP contribution in [0.3, 0.4) is 0 Å². The van der Waals surface area contributed by atoms with E-state index in [1.165, 1.54) is 0 Å². The van der Waals surface area contributed by atoms with E-state index in [9.17, 15) is 19.5 Å². The second-order valence-corrected chi connectivity index (χ2v) is 12.9. The number of unbranched alkanes of at least 4 members (excludes halogenated alkanes) is 3. The summed E-state index contributed by atoms with van der Waals surface area (Å²) in [5.74, 6) is -1.49. The topological polar surface area (TPSA) is 87.2 Å². The molecule has 6 atom stereocenters. The molecule has 8 heteroatoms. The normalized spacial score (nSPS) is 30.9. The Kier molecular flexibility index (Phi) is 9.36. The summed E-state index contributed by atoms with van der Waals surface area (Å²) in [7, 11) is 0. The Balaban J connectivity index is 1.95. The van der Waals surface area contributed by atoms with Gasteiger partial charge in [-0.1, -0.05) is 19.1 Å². The van der Waals surface area contributed by atoms with E-state index in [1.54, 1.807) is 27.6 Å². The van der Waals surface area contributed by atoms with E-state index in [-0.39, 0.29) is 35.6 Å². The molecule has 3 fully saturated rings. The van der Waals surface area contributed by atoms with E-state index < -0.39 is 28.2 Å². The molecular formula is C28H44N2O5S. The fourth-order valence-corrected chi connectivity index (χ4v) is 8.74. The highest BCUT2D eigenvalue weighted by atomic mass is 32.2. The minimum atomic E-state index is -0.657. The van der Waals surface area contributed by atoms with Gasteiger partial charge in [-0.2, -0.15) is 0 Å². The van der Waals surface area contributed by atoms with Crippen LogP contribution < -0.4 is 0 Å². The number of thioether (sulfide) groups is 1. The zero-order valence-corrected chi connectivity index (χ0v) is 23.2. The standard InChI is InChI=1S/C28H44N2O5S/c1-7-9-10-13-17-35-26(34)21-20-18-19(3)28(36-20)22(21)24(32)29(15-11-12-16-31)23(28)25(33)30(14-8-2)27(4,5)6/h7-8,19-23,31H,1-2,9-18H2,3-6H3/t19?,20-,21+,22-,23?,28?/m0/s1. The number of ether oxygens (including phenoxy) is 1. The van der Waals surface area contributed by atoms with Crippen molar-refractivity contribution in [1.82, 2.24) is 9.80 Å². The first-order valence-electron chi connectivity index (χ1n) is 13.3. The van der Waals surface area contributed by atoms with E-state index in [2.05, 4.69) is 20.1 Å². The smallest absolute Gasteiger partial charge is 0.310 e. The largest absolute Gasteiger partial charge is 0.465 e. The quantitative estimate of drug-likeness (QED) is 0.226. The number of esters is 1. The molecule has 3 saturated heterocycles. The van der Waals surface area contributed by atoms with Crippen LogP contribution in [0, 0.1) is 17.8 Å². The van der Waals surface area contributed by atoms with Gasteiger partial charge in [-0.25, -0.2) is 0 Å². The molecule has 0 aromatic rings. The molecule has 1 spiro atoms. The number of amides is 2. The van der Waals surface area contributed by atoms with Crippen LogP contribution in [0.4, 0.5) is 0 Å². The van der Waals surface area contributed by atoms with Crippen molar-refractivity contribution in [2.45, 2.75) is 87.8 Å². The van der Waals surface area contributed by atoms with E-state index in [0.717, 1.165) is 25.7 Å². The van der Waals surface area contributed by atoms with Crippen molar-refractivity contribution in [3.8, 4) is 0 Å². The van der Waals surface area contributed by atoms with E-state index >= 15 is 0 Å². The molecule has 0 saturated carbocycles. The van der Waals surface area contributed by atoms with Crippen LogP contribution in [0.5, 0.6) is 0 Å². The maximum Gasteiger partial charge on any atom is 0.310 e. The fraction of sp³-hybridized carbons (Fsp3) is 0.750. The predicted octanol–water partition coefficient (Wildman–Crippen LogP) is 3.81. The van der Waals surface area contributed by atoms with Crippen LogP contribution in [0.1, 0.15) is 66.2 Å². The summed E-state index contributed by atoms with van der Waals surface area (Å²) < 4.78 is 5.03. The van der Waals surface area contributed by atoms with Crippen molar-refractivity contribution in [2.24, 2.45) is 17.8 Å². The lowest BCUT2D eigenvalue weighted by molar-refractivity contribution is -0.154. The number of rotatable bonds is 13. The molecule has 3 unspecified atom stereocenters. The van der Waals surface area contributed by atoms with E-state index in [4.69, 9.17) is 4.74 Å². The van der Waals surface area contributed by atoms with Crippen LogP contribution in [0.25, 0.3) is 0 Å². The van der Waals surface area contributed by atoms with Crippen molar-refractivity contribution >= 4 is 29.5 Å². The Hall–Kier alpha value is -1.80. The van der Waals surface area contributed by atoms with Gasteiger partial charge in [0.2, 0.25) is 11.8 Å². The highest BCUT2D eigenvalue weighted by Gasteiger charge is 2.76. The fourth-order valence-electron chi connectivity index (χ4n) is 6.33. The molecule has 3 heterocycles. The molecule has 3 rings (SSSR count). The van der Waals surface area contributed by atoms with E-state index in [0.29, 0.717) is 32.5 Å². The summed E-state index contributed by atoms with van der Waals surface area (Å²) in [4.78, 5) is 45.2. The summed E-state index contributed by atoms with van der Waals surface area (Å²) in [6.07, 6.45) is 8.07. The molecule has 7 nitrogen and oxygen atoms in total. The average molecular weight is 521 g/mol. The molecule has 0 aromatic heterocycles. The summed E-state index contributed by atoms with van der Waals surface area (Å²) in [6, 6.07) is -0.650. The highest BCUT2D eigenvalue weighted by molar-refractivity contribution is 8.02. The monoisotopic (exact) mass is 520 g/mol. The van der Waals surface area contributed by atoms with Crippen LogP contribution in [-0.2, 0) is 19.1 Å². The van der Waals surface area contributed by atoms with Gasteiger partial charge in [0.05, 0.1) is 23.2 Å². The zero-order chi connectivity index (χ0) is 26.7. The Labute approximate surface area is 220 Å². The summed E-state index contributed by atoms with van der Waals surface area (Å²) >= 11 is 1.67. The lowest BCUT2D eigenvalue weighted by Gasteiger charge is -2.44. The first-order chi connectivity index (χ1) is 17.1. The third kappa shape index (κ3) is 5.13. The van der Waals surface area contributed by atoms with Gasteiger partial charge in [-0.3, -0.25) is 14.4 Å². The van der Waals surface area contributed by atoms with Gasteiger partial charge in [0.1, 0.15) is 6.04 Å². The maximum absolute atomic E-state index is 14.3. The number of allylic oxidation sites excluding steroid dienone is 1. The van der Waals surface area contributed by atoms with E-state index in [1.807, 2.05) is 26.8 Å². The molecule has 3 aliphatic heterocycles. The Morgan fingerprint density at radius 2 is 1.94 bits per heavy atom. The average Bonchev–Trinajstić information content (AvgIpc) is 3.40. The summed E-state index contributed by atoms with van der Waals surface area (Å²) in [6.45, 7) is 16.8. The molecule has 2 amide bonds. The number of hydrogen-bond donors (Lipinski definition) is 1. The van der Waals surface area contributed by atoms with Crippen molar-refractivity contribution in [3.05, 3.63) is 25.3 Å². The minimum Gasteiger partial charge on any atom is -0.465 e. The third-order valence-corrected chi connectivity index (χ3v) is 10.1. The Bertz CT molecular complexity index is 855. The van der Waals surface area contributed by atoms with Crippen LogP contribution in [0.15, 0.2) is 25.3 Å². The number of carbonyl (C=O) groups excluding carboxylic acids is 3. The molecule has 1 N–H and O–H groups in total. The molecule has 2 bridgehead atoms. The number of hydrogen-bond acceptors (Lipinski definition) is 6. The highest BCUT2D eigenvalue weighted by Crippen LogP contribution is 2.68. The van der Waals surface area contributed by atoms with Crippen molar-refractivity contribution < 1.29 is 24.2 Å². The van der Waals surface area contributed by atoms with Crippen LogP contribution in [-0.4, -0.2) is 80.6 Å². The predicted molar refractivity (Wildman–Crippen MR) is 143 cm³/mol. The first-order valence-corrected chi connectivity index (χ1v) is 14.2. The number of fused-ring (bicyclic) bond motifs is 1. The molecule has 0 aromatic carbocycles. The molecule has 0 radical (unpaired) electrons. The second-order valence-electron chi connectivity index (χ2n) is 11.4. The van der Waals surface area contributed by atoms with Gasteiger partial charge in [-0.05, 0) is 65.2 Å². The number of nitrogens with zero attached hydrogens (tertiary/aromatic N) is 2. The molecule has 202 valence electrons.